The Bertz CT molecular complexity index is 752. The fourth-order valence-corrected chi connectivity index (χ4v) is 2.78. The molecule has 0 fully saturated rings. The Labute approximate surface area is 113 Å². The van der Waals surface area contributed by atoms with E-state index in [1.165, 1.54) is 6.07 Å². The number of thiazole rings is 1. The van der Waals surface area contributed by atoms with Gasteiger partial charge in [0.1, 0.15) is 5.82 Å². The molecule has 0 amide bonds. The number of fused-ring (bicyclic) bond motifs is 1. The lowest BCUT2D eigenvalue weighted by Gasteiger charge is -2.10. The molecule has 1 aromatic heterocycles. The van der Waals surface area contributed by atoms with Gasteiger partial charge < -0.3 is 11.1 Å². The van der Waals surface area contributed by atoms with E-state index in [2.05, 4.69) is 10.3 Å². The molecule has 3 nitrogen and oxygen atoms in total. The van der Waals surface area contributed by atoms with Crippen LogP contribution in [0.1, 0.15) is 5.01 Å². The minimum absolute atomic E-state index is 0.309. The molecule has 1 heterocycles. The first kappa shape index (κ1) is 11.9. The van der Waals surface area contributed by atoms with Gasteiger partial charge >= 0.3 is 0 Å². The fourth-order valence-electron chi connectivity index (χ4n) is 1.92. The monoisotopic (exact) mass is 273 g/mol. The van der Waals surface area contributed by atoms with Crippen molar-refractivity contribution >= 4 is 38.6 Å². The largest absolute Gasteiger partial charge is 0.397 e. The van der Waals surface area contributed by atoms with Crippen molar-refractivity contribution in [1.29, 1.82) is 0 Å². The maximum atomic E-state index is 13.6. The van der Waals surface area contributed by atoms with Gasteiger partial charge in [-0.3, -0.25) is 0 Å². The van der Waals surface area contributed by atoms with Gasteiger partial charge in [-0.25, -0.2) is 9.37 Å². The van der Waals surface area contributed by atoms with Crippen molar-refractivity contribution in [3.63, 3.8) is 0 Å². The first-order valence-corrected chi connectivity index (χ1v) is 6.63. The van der Waals surface area contributed by atoms with Crippen LogP contribution in [0.15, 0.2) is 36.4 Å². The molecule has 96 valence electrons. The van der Waals surface area contributed by atoms with Crippen molar-refractivity contribution in [1.82, 2.24) is 4.98 Å². The molecule has 0 aliphatic rings. The number of para-hydroxylation sites is 1. The van der Waals surface area contributed by atoms with E-state index in [1.54, 1.807) is 29.5 Å². The highest BCUT2D eigenvalue weighted by Gasteiger charge is 2.08. The topological polar surface area (TPSA) is 50.9 Å². The third kappa shape index (κ3) is 2.24. The standard InChI is InChI=1S/C14H12FN3S/c1-8-17-13-7-12(10(16)6-14(13)19-8)18-11-5-3-2-4-9(11)15/h2-7,18H,16H2,1H3. The van der Waals surface area contributed by atoms with E-state index < -0.39 is 0 Å². The van der Waals surface area contributed by atoms with Crippen LogP contribution >= 0.6 is 11.3 Å². The highest BCUT2D eigenvalue weighted by Crippen LogP contribution is 2.32. The molecule has 3 rings (SSSR count). The zero-order chi connectivity index (χ0) is 13.4. The van der Waals surface area contributed by atoms with E-state index in [4.69, 9.17) is 5.73 Å². The molecule has 0 bridgehead atoms. The van der Waals surface area contributed by atoms with Crippen molar-refractivity contribution < 1.29 is 4.39 Å². The fraction of sp³-hybridized carbons (Fsp3) is 0.0714. The second kappa shape index (κ2) is 4.51. The van der Waals surface area contributed by atoms with E-state index in [0.29, 0.717) is 17.1 Å². The van der Waals surface area contributed by atoms with Gasteiger partial charge in [0.05, 0.1) is 32.3 Å². The summed E-state index contributed by atoms with van der Waals surface area (Å²) in [6.07, 6.45) is 0. The molecule has 0 radical (unpaired) electrons. The minimum Gasteiger partial charge on any atom is -0.397 e. The van der Waals surface area contributed by atoms with E-state index in [1.807, 2.05) is 19.1 Å². The predicted molar refractivity (Wildman–Crippen MR) is 78.5 cm³/mol. The lowest BCUT2D eigenvalue weighted by atomic mass is 10.2. The highest BCUT2D eigenvalue weighted by atomic mass is 32.1. The Balaban J connectivity index is 2.05. The summed E-state index contributed by atoms with van der Waals surface area (Å²) in [4.78, 5) is 4.41. The molecule has 0 spiro atoms. The molecule has 5 heteroatoms. The third-order valence-electron chi connectivity index (χ3n) is 2.81. The van der Waals surface area contributed by atoms with Crippen LogP contribution in [-0.4, -0.2) is 4.98 Å². The summed E-state index contributed by atoms with van der Waals surface area (Å²) in [6.45, 7) is 1.95. The van der Waals surface area contributed by atoms with Crippen molar-refractivity contribution in [2.24, 2.45) is 0 Å². The smallest absolute Gasteiger partial charge is 0.146 e. The maximum absolute atomic E-state index is 13.6. The summed E-state index contributed by atoms with van der Waals surface area (Å²) in [6, 6.07) is 10.2. The number of nitrogen functional groups attached to an aromatic ring is 1. The Hall–Kier alpha value is -2.14. The van der Waals surface area contributed by atoms with Crippen LogP contribution in [0.4, 0.5) is 21.5 Å². The van der Waals surface area contributed by atoms with Crippen LogP contribution in [0.2, 0.25) is 0 Å². The average molecular weight is 273 g/mol. The molecule has 19 heavy (non-hydrogen) atoms. The number of anilines is 3. The molecular weight excluding hydrogens is 261 g/mol. The Morgan fingerprint density at radius 3 is 2.79 bits per heavy atom. The molecule has 0 unspecified atom stereocenters. The van der Waals surface area contributed by atoms with Crippen LogP contribution in [0.3, 0.4) is 0 Å². The Morgan fingerprint density at radius 1 is 1.21 bits per heavy atom. The number of hydrogen-bond acceptors (Lipinski definition) is 4. The number of aromatic nitrogens is 1. The molecule has 3 aromatic rings. The van der Waals surface area contributed by atoms with Gasteiger partial charge in [0.25, 0.3) is 0 Å². The van der Waals surface area contributed by atoms with Gasteiger partial charge in [0.2, 0.25) is 0 Å². The zero-order valence-corrected chi connectivity index (χ0v) is 11.1. The molecule has 0 saturated carbocycles. The van der Waals surface area contributed by atoms with Gasteiger partial charge in [0.15, 0.2) is 0 Å². The number of nitrogens with two attached hydrogens (primary N) is 1. The first-order valence-electron chi connectivity index (χ1n) is 5.82. The molecule has 2 aromatic carbocycles. The number of rotatable bonds is 2. The molecule has 0 atom stereocenters. The van der Waals surface area contributed by atoms with Crippen molar-refractivity contribution in [2.45, 2.75) is 6.92 Å². The number of nitrogens with zero attached hydrogens (tertiary/aromatic N) is 1. The van der Waals surface area contributed by atoms with Crippen LogP contribution in [-0.2, 0) is 0 Å². The number of halogens is 1. The van der Waals surface area contributed by atoms with Gasteiger partial charge in [0, 0.05) is 0 Å². The molecule has 3 N–H and O–H groups in total. The summed E-state index contributed by atoms with van der Waals surface area (Å²) >= 11 is 1.59. The van der Waals surface area contributed by atoms with E-state index >= 15 is 0 Å². The van der Waals surface area contributed by atoms with E-state index in [-0.39, 0.29) is 5.82 Å². The SMILES string of the molecule is Cc1nc2cc(Nc3ccccc3F)c(N)cc2s1. The highest BCUT2D eigenvalue weighted by molar-refractivity contribution is 7.18. The number of nitrogens with one attached hydrogen (secondary N) is 1. The summed E-state index contributed by atoms with van der Waals surface area (Å²) < 4.78 is 14.6. The molecule has 0 aliphatic heterocycles. The van der Waals surface area contributed by atoms with Crippen LogP contribution in [0.25, 0.3) is 10.2 Å². The minimum atomic E-state index is -0.309. The van der Waals surface area contributed by atoms with E-state index in [0.717, 1.165) is 15.2 Å². The van der Waals surface area contributed by atoms with Gasteiger partial charge in [-0.15, -0.1) is 11.3 Å². The molecular formula is C14H12FN3S. The molecule has 0 aliphatic carbocycles. The number of aryl methyl sites for hydroxylation is 1. The van der Waals surface area contributed by atoms with E-state index in [9.17, 15) is 4.39 Å². The lowest BCUT2D eigenvalue weighted by molar-refractivity contribution is 0.632. The van der Waals surface area contributed by atoms with Crippen LogP contribution < -0.4 is 11.1 Å². The summed E-state index contributed by atoms with van der Waals surface area (Å²) in [5.74, 6) is -0.309. The van der Waals surface area contributed by atoms with Gasteiger partial charge in [-0.05, 0) is 31.2 Å². The average Bonchev–Trinajstić information content (AvgIpc) is 2.71. The third-order valence-corrected chi connectivity index (χ3v) is 3.74. The Kier molecular flexibility index (Phi) is 2.83. The maximum Gasteiger partial charge on any atom is 0.146 e. The van der Waals surface area contributed by atoms with Crippen molar-refractivity contribution in [3.05, 3.63) is 47.2 Å². The zero-order valence-electron chi connectivity index (χ0n) is 10.3. The molecule has 0 saturated heterocycles. The first-order chi connectivity index (χ1) is 9.13. The normalized spacial score (nSPS) is 10.8. The number of hydrogen-bond donors (Lipinski definition) is 2. The lowest BCUT2D eigenvalue weighted by Crippen LogP contribution is -1.98. The summed E-state index contributed by atoms with van der Waals surface area (Å²) in [5.41, 5.74) is 8.51. The van der Waals surface area contributed by atoms with Crippen molar-refractivity contribution in [3.8, 4) is 0 Å². The second-order valence-electron chi connectivity index (χ2n) is 4.24. The predicted octanol–water partition coefficient (Wildman–Crippen LogP) is 4.07. The number of benzene rings is 2. The van der Waals surface area contributed by atoms with Crippen LogP contribution in [0, 0.1) is 12.7 Å². The summed E-state index contributed by atoms with van der Waals surface area (Å²) in [5, 5.41) is 3.99. The van der Waals surface area contributed by atoms with Gasteiger partial charge in [-0.1, -0.05) is 12.1 Å². The van der Waals surface area contributed by atoms with Gasteiger partial charge in [-0.2, -0.15) is 0 Å². The quantitative estimate of drug-likeness (QED) is 0.692. The summed E-state index contributed by atoms with van der Waals surface area (Å²) in [7, 11) is 0. The van der Waals surface area contributed by atoms with Crippen LogP contribution in [0.5, 0.6) is 0 Å². The Morgan fingerprint density at radius 2 is 2.00 bits per heavy atom. The van der Waals surface area contributed by atoms with Crippen molar-refractivity contribution in [2.75, 3.05) is 11.1 Å². The second-order valence-corrected chi connectivity index (χ2v) is 5.48.